The molecule has 0 aliphatic heterocycles. The van der Waals surface area contributed by atoms with E-state index in [0.717, 1.165) is 19.4 Å². The van der Waals surface area contributed by atoms with Crippen LogP contribution in [0.4, 0.5) is 10.7 Å². The summed E-state index contributed by atoms with van der Waals surface area (Å²) in [5, 5.41) is 16.8. The van der Waals surface area contributed by atoms with Gasteiger partial charge in [-0.1, -0.05) is 25.5 Å². The fourth-order valence-electron chi connectivity index (χ4n) is 2.08. The van der Waals surface area contributed by atoms with Gasteiger partial charge in [-0.2, -0.15) is 5.26 Å². The Bertz CT molecular complexity index is 780. The summed E-state index contributed by atoms with van der Waals surface area (Å²) in [6.07, 6.45) is 2.04. The second-order valence-electron chi connectivity index (χ2n) is 5.23. The zero-order valence-corrected chi connectivity index (χ0v) is 14.7. The van der Waals surface area contributed by atoms with E-state index < -0.39 is 18.5 Å². The first-order chi connectivity index (χ1) is 12.2. The summed E-state index contributed by atoms with van der Waals surface area (Å²) in [5.74, 6) is -1.05. The Morgan fingerprint density at radius 3 is 2.84 bits per heavy atom. The van der Waals surface area contributed by atoms with Crippen molar-refractivity contribution in [1.29, 1.82) is 5.26 Å². The second-order valence-corrected chi connectivity index (χ2v) is 6.14. The molecule has 0 spiro atoms. The smallest absolute Gasteiger partial charge is 0.340 e. The minimum Gasteiger partial charge on any atom is -0.452 e. The summed E-state index contributed by atoms with van der Waals surface area (Å²) in [7, 11) is 0. The lowest BCUT2D eigenvalue weighted by Gasteiger charge is -2.11. The van der Waals surface area contributed by atoms with Gasteiger partial charge in [0.05, 0.1) is 11.1 Å². The lowest BCUT2D eigenvalue weighted by Crippen LogP contribution is -2.21. The second kappa shape index (κ2) is 9.45. The first-order valence-corrected chi connectivity index (χ1v) is 8.81. The highest BCUT2D eigenvalue weighted by Crippen LogP contribution is 2.22. The zero-order valence-electron chi connectivity index (χ0n) is 13.9. The number of nitrogens with zero attached hydrogens (tertiary/aromatic N) is 1. The number of anilines is 2. The summed E-state index contributed by atoms with van der Waals surface area (Å²) in [6.45, 7) is 2.44. The van der Waals surface area contributed by atoms with Crippen LogP contribution in [0.3, 0.4) is 0 Å². The van der Waals surface area contributed by atoms with Crippen LogP contribution in [0.2, 0.25) is 0 Å². The van der Waals surface area contributed by atoms with Crippen LogP contribution in [-0.2, 0) is 9.53 Å². The van der Waals surface area contributed by atoms with Gasteiger partial charge in [0.25, 0.3) is 5.91 Å². The first-order valence-electron chi connectivity index (χ1n) is 7.93. The highest BCUT2D eigenvalue weighted by molar-refractivity contribution is 7.14. The predicted octanol–water partition coefficient (Wildman–Crippen LogP) is 3.63. The normalized spacial score (nSPS) is 9.92. The average Bonchev–Trinajstić information content (AvgIpc) is 3.07. The number of unbranched alkanes of at least 4 members (excludes halogenated alkanes) is 1. The van der Waals surface area contributed by atoms with Crippen LogP contribution in [0.15, 0.2) is 35.7 Å². The molecule has 0 saturated carbocycles. The van der Waals surface area contributed by atoms with Gasteiger partial charge in [-0.25, -0.2) is 4.79 Å². The lowest BCUT2D eigenvalue weighted by molar-refractivity contribution is -0.119. The van der Waals surface area contributed by atoms with E-state index >= 15 is 0 Å². The third kappa shape index (κ3) is 5.33. The standard InChI is InChI=1S/C18H19N3O3S/c1-2-3-9-20-15-7-5-4-6-14(15)18(23)24-12-16(22)21-17-13(11-19)8-10-25-17/h4-8,10,20H,2-3,9,12H2,1H3,(H,21,22). The van der Waals surface area contributed by atoms with Gasteiger partial charge in [-0.05, 0) is 30.0 Å². The van der Waals surface area contributed by atoms with Crippen molar-refractivity contribution in [2.24, 2.45) is 0 Å². The van der Waals surface area contributed by atoms with Crippen molar-refractivity contribution < 1.29 is 14.3 Å². The summed E-state index contributed by atoms with van der Waals surface area (Å²) in [6, 6.07) is 10.6. The Kier molecular flexibility index (Phi) is 6.99. The predicted molar refractivity (Wildman–Crippen MR) is 97.8 cm³/mol. The van der Waals surface area contributed by atoms with E-state index in [4.69, 9.17) is 10.00 Å². The SMILES string of the molecule is CCCCNc1ccccc1C(=O)OCC(=O)Nc1sccc1C#N. The van der Waals surface area contributed by atoms with Crippen molar-refractivity contribution in [2.75, 3.05) is 23.8 Å². The Morgan fingerprint density at radius 2 is 2.08 bits per heavy atom. The third-order valence-corrected chi connectivity index (χ3v) is 4.20. The molecule has 0 radical (unpaired) electrons. The highest BCUT2D eigenvalue weighted by Gasteiger charge is 2.15. The van der Waals surface area contributed by atoms with E-state index in [1.54, 1.807) is 29.6 Å². The highest BCUT2D eigenvalue weighted by atomic mass is 32.1. The van der Waals surface area contributed by atoms with E-state index in [2.05, 4.69) is 17.6 Å². The number of esters is 1. The Labute approximate surface area is 150 Å². The monoisotopic (exact) mass is 357 g/mol. The molecule has 0 bridgehead atoms. The summed E-state index contributed by atoms with van der Waals surface area (Å²) >= 11 is 1.24. The fraction of sp³-hybridized carbons (Fsp3) is 0.278. The van der Waals surface area contributed by atoms with E-state index in [-0.39, 0.29) is 0 Å². The average molecular weight is 357 g/mol. The van der Waals surface area contributed by atoms with Crippen molar-refractivity contribution in [3.63, 3.8) is 0 Å². The van der Waals surface area contributed by atoms with Gasteiger partial charge in [0.1, 0.15) is 11.1 Å². The van der Waals surface area contributed by atoms with E-state index in [9.17, 15) is 9.59 Å². The van der Waals surface area contributed by atoms with Crippen LogP contribution in [0.5, 0.6) is 0 Å². The number of rotatable bonds is 8. The topological polar surface area (TPSA) is 91.2 Å². The molecule has 0 saturated heterocycles. The minimum atomic E-state index is -0.568. The molecule has 1 aromatic carbocycles. The van der Waals surface area contributed by atoms with Gasteiger partial charge in [-0.3, -0.25) is 4.79 Å². The molecule has 0 fully saturated rings. The number of carbonyl (C=O) groups is 2. The maximum atomic E-state index is 12.2. The molecule has 2 N–H and O–H groups in total. The first kappa shape index (κ1) is 18.5. The number of para-hydroxylation sites is 1. The fourth-order valence-corrected chi connectivity index (χ4v) is 2.83. The van der Waals surface area contributed by atoms with Gasteiger partial charge in [0.15, 0.2) is 6.61 Å². The van der Waals surface area contributed by atoms with Crippen molar-refractivity contribution in [2.45, 2.75) is 19.8 Å². The van der Waals surface area contributed by atoms with Crippen molar-refractivity contribution in [1.82, 2.24) is 0 Å². The van der Waals surface area contributed by atoms with Gasteiger partial charge < -0.3 is 15.4 Å². The Balaban J connectivity index is 1.92. The molecule has 25 heavy (non-hydrogen) atoms. The number of hydrogen-bond donors (Lipinski definition) is 2. The molecule has 7 heteroatoms. The molecule has 2 rings (SSSR count). The van der Waals surface area contributed by atoms with E-state index in [1.807, 2.05) is 12.1 Å². The van der Waals surface area contributed by atoms with Crippen molar-refractivity contribution in [3.8, 4) is 6.07 Å². The maximum Gasteiger partial charge on any atom is 0.340 e. The summed E-state index contributed by atoms with van der Waals surface area (Å²) in [4.78, 5) is 24.1. The molecule has 130 valence electrons. The summed E-state index contributed by atoms with van der Waals surface area (Å²) < 4.78 is 5.09. The Morgan fingerprint density at radius 1 is 1.28 bits per heavy atom. The van der Waals surface area contributed by atoms with Crippen LogP contribution < -0.4 is 10.6 Å². The van der Waals surface area contributed by atoms with Gasteiger partial charge in [0, 0.05) is 12.2 Å². The number of carbonyl (C=O) groups excluding carboxylic acids is 2. The van der Waals surface area contributed by atoms with E-state index in [1.165, 1.54) is 11.3 Å². The number of amides is 1. The molecule has 0 unspecified atom stereocenters. The molecular formula is C18H19N3O3S. The molecule has 1 aromatic heterocycles. The largest absolute Gasteiger partial charge is 0.452 e. The quantitative estimate of drug-likeness (QED) is 0.556. The molecule has 1 heterocycles. The summed E-state index contributed by atoms with van der Waals surface area (Å²) in [5.41, 5.74) is 1.46. The molecule has 6 nitrogen and oxygen atoms in total. The molecule has 0 aliphatic carbocycles. The number of benzene rings is 1. The minimum absolute atomic E-state index is 0.384. The van der Waals surface area contributed by atoms with Crippen LogP contribution in [0, 0.1) is 11.3 Å². The lowest BCUT2D eigenvalue weighted by atomic mass is 10.1. The van der Waals surface area contributed by atoms with Gasteiger partial charge in [-0.15, -0.1) is 11.3 Å². The van der Waals surface area contributed by atoms with Crippen LogP contribution >= 0.6 is 11.3 Å². The molecule has 0 atom stereocenters. The van der Waals surface area contributed by atoms with Crippen LogP contribution in [-0.4, -0.2) is 25.0 Å². The number of nitriles is 1. The number of ether oxygens (including phenoxy) is 1. The Hall–Kier alpha value is -2.85. The van der Waals surface area contributed by atoms with Crippen molar-refractivity contribution >= 4 is 33.9 Å². The van der Waals surface area contributed by atoms with E-state index in [0.29, 0.717) is 21.8 Å². The van der Waals surface area contributed by atoms with Crippen molar-refractivity contribution in [3.05, 3.63) is 46.8 Å². The zero-order chi connectivity index (χ0) is 18.1. The van der Waals surface area contributed by atoms with Gasteiger partial charge in [0.2, 0.25) is 0 Å². The number of nitrogens with one attached hydrogen (secondary N) is 2. The van der Waals surface area contributed by atoms with Gasteiger partial charge >= 0.3 is 5.97 Å². The number of thiophene rings is 1. The molecule has 2 aromatic rings. The molecule has 0 aliphatic rings. The third-order valence-electron chi connectivity index (χ3n) is 3.37. The van der Waals surface area contributed by atoms with Crippen LogP contribution in [0.1, 0.15) is 35.7 Å². The molecular weight excluding hydrogens is 338 g/mol. The number of hydrogen-bond acceptors (Lipinski definition) is 6. The molecule has 1 amide bonds. The van der Waals surface area contributed by atoms with Crippen LogP contribution in [0.25, 0.3) is 0 Å². The maximum absolute atomic E-state index is 12.2.